The molecule has 0 unspecified atom stereocenters. The zero-order valence-electron chi connectivity index (χ0n) is 12.2. The van der Waals surface area contributed by atoms with Crippen molar-refractivity contribution < 1.29 is 13.5 Å². The normalized spacial score (nSPS) is 10.9. The van der Waals surface area contributed by atoms with E-state index in [9.17, 15) is 8.78 Å². The zero-order chi connectivity index (χ0) is 15.2. The van der Waals surface area contributed by atoms with Gasteiger partial charge in [-0.15, -0.1) is 0 Å². The molecule has 0 bridgehead atoms. The number of anilines is 1. The number of aromatic nitrogens is 2. The summed E-state index contributed by atoms with van der Waals surface area (Å²) in [5, 5.41) is 3.12. The molecule has 0 aliphatic rings. The van der Waals surface area contributed by atoms with Crippen LogP contribution in [0, 0.1) is 18.6 Å². The third kappa shape index (κ3) is 4.01. The molecule has 0 radical (unpaired) electrons. The predicted molar refractivity (Wildman–Crippen MR) is 77.8 cm³/mol. The Kier molecular flexibility index (Phi) is 5.27. The first kappa shape index (κ1) is 15.4. The average Bonchev–Trinajstić information content (AvgIpc) is 2.82. The van der Waals surface area contributed by atoms with Gasteiger partial charge in [-0.1, -0.05) is 0 Å². The van der Waals surface area contributed by atoms with Gasteiger partial charge in [0.1, 0.15) is 11.6 Å². The smallest absolute Gasteiger partial charge is 0.207 e. The predicted octanol–water partition coefficient (Wildman–Crippen LogP) is 3.30. The highest BCUT2D eigenvalue weighted by Gasteiger charge is 2.12. The molecule has 2 rings (SSSR count). The van der Waals surface area contributed by atoms with E-state index in [-0.39, 0.29) is 5.69 Å². The number of ether oxygens (including phenoxy) is 1. The fourth-order valence-corrected chi connectivity index (χ4v) is 2.00. The molecule has 0 spiro atoms. The maximum absolute atomic E-state index is 13.9. The van der Waals surface area contributed by atoms with Gasteiger partial charge in [0.2, 0.25) is 5.95 Å². The van der Waals surface area contributed by atoms with Gasteiger partial charge in [-0.05, 0) is 32.4 Å². The standard InChI is InChI=1S/C15H19F2N3O/c1-3-21-8-4-7-18-15-19-11(2)10-20(15)14-9-12(16)5-6-13(14)17/h5-6,9-10H,3-4,7-8H2,1-2H3,(H,18,19). The van der Waals surface area contributed by atoms with Gasteiger partial charge < -0.3 is 10.1 Å². The van der Waals surface area contributed by atoms with Crippen LogP contribution in [0.2, 0.25) is 0 Å². The van der Waals surface area contributed by atoms with Crippen molar-refractivity contribution in [3.05, 3.63) is 41.7 Å². The van der Waals surface area contributed by atoms with Gasteiger partial charge in [0.25, 0.3) is 0 Å². The molecule has 1 heterocycles. The summed E-state index contributed by atoms with van der Waals surface area (Å²) in [5.41, 5.74) is 0.869. The van der Waals surface area contributed by atoms with Crippen molar-refractivity contribution in [1.29, 1.82) is 0 Å². The minimum absolute atomic E-state index is 0.142. The van der Waals surface area contributed by atoms with Crippen molar-refractivity contribution in [2.45, 2.75) is 20.3 Å². The Hall–Kier alpha value is -1.95. The molecule has 0 saturated carbocycles. The van der Waals surface area contributed by atoms with Crippen LogP contribution < -0.4 is 5.32 Å². The highest BCUT2D eigenvalue weighted by atomic mass is 19.1. The van der Waals surface area contributed by atoms with Crippen LogP contribution >= 0.6 is 0 Å². The number of hydrogen-bond acceptors (Lipinski definition) is 3. The van der Waals surface area contributed by atoms with Crippen LogP contribution in [-0.2, 0) is 4.74 Å². The zero-order valence-corrected chi connectivity index (χ0v) is 12.2. The van der Waals surface area contributed by atoms with Crippen molar-refractivity contribution in [1.82, 2.24) is 9.55 Å². The Morgan fingerprint density at radius 2 is 2.14 bits per heavy atom. The quantitative estimate of drug-likeness (QED) is 0.797. The summed E-state index contributed by atoms with van der Waals surface area (Å²) in [5.74, 6) is -0.486. The van der Waals surface area contributed by atoms with E-state index >= 15 is 0 Å². The second-order valence-corrected chi connectivity index (χ2v) is 4.65. The number of hydrogen-bond donors (Lipinski definition) is 1. The number of rotatable bonds is 7. The van der Waals surface area contributed by atoms with Crippen LogP contribution in [0.1, 0.15) is 19.0 Å². The SMILES string of the molecule is CCOCCCNc1nc(C)cn1-c1cc(F)ccc1F. The highest BCUT2D eigenvalue weighted by molar-refractivity contribution is 5.44. The summed E-state index contributed by atoms with van der Waals surface area (Å²) in [6.07, 6.45) is 2.48. The van der Waals surface area contributed by atoms with Crippen molar-refractivity contribution >= 4 is 5.95 Å². The summed E-state index contributed by atoms with van der Waals surface area (Å²) in [6, 6.07) is 3.36. The van der Waals surface area contributed by atoms with E-state index in [0.717, 1.165) is 30.3 Å². The Labute approximate surface area is 122 Å². The Morgan fingerprint density at radius 3 is 2.90 bits per heavy atom. The van der Waals surface area contributed by atoms with Crippen molar-refractivity contribution in [2.24, 2.45) is 0 Å². The summed E-state index contributed by atoms with van der Waals surface area (Å²) < 4.78 is 34.0. The van der Waals surface area contributed by atoms with Gasteiger partial charge in [-0.2, -0.15) is 0 Å². The fraction of sp³-hybridized carbons (Fsp3) is 0.400. The number of nitrogens with zero attached hydrogens (tertiary/aromatic N) is 2. The van der Waals surface area contributed by atoms with E-state index < -0.39 is 11.6 Å². The van der Waals surface area contributed by atoms with E-state index in [1.807, 2.05) is 6.92 Å². The molecule has 114 valence electrons. The molecule has 4 nitrogen and oxygen atoms in total. The van der Waals surface area contributed by atoms with Crippen LogP contribution in [0.25, 0.3) is 5.69 Å². The monoisotopic (exact) mass is 295 g/mol. The maximum atomic E-state index is 13.9. The number of imidazole rings is 1. The molecule has 1 aromatic carbocycles. The van der Waals surface area contributed by atoms with Crippen molar-refractivity contribution in [3.63, 3.8) is 0 Å². The van der Waals surface area contributed by atoms with Crippen LogP contribution in [0.4, 0.5) is 14.7 Å². The van der Waals surface area contributed by atoms with Gasteiger partial charge in [0, 0.05) is 32.0 Å². The summed E-state index contributed by atoms with van der Waals surface area (Å²) in [6.45, 7) is 5.72. The Bertz CT molecular complexity index is 599. The van der Waals surface area contributed by atoms with Gasteiger partial charge in [-0.3, -0.25) is 4.57 Å². The molecule has 0 atom stereocenters. The van der Waals surface area contributed by atoms with E-state index in [2.05, 4.69) is 10.3 Å². The topological polar surface area (TPSA) is 39.1 Å². The Balaban J connectivity index is 2.14. The van der Waals surface area contributed by atoms with Gasteiger partial charge >= 0.3 is 0 Å². The maximum Gasteiger partial charge on any atom is 0.207 e. The van der Waals surface area contributed by atoms with E-state index in [4.69, 9.17) is 4.74 Å². The summed E-state index contributed by atoms with van der Waals surface area (Å²) >= 11 is 0. The molecule has 0 aliphatic heterocycles. The summed E-state index contributed by atoms with van der Waals surface area (Å²) in [4.78, 5) is 4.30. The lowest BCUT2D eigenvalue weighted by Crippen LogP contribution is -2.10. The first-order valence-electron chi connectivity index (χ1n) is 6.95. The third-order valence-corrected chi connectivity index (χ3v) is 2.95. The molecule has 0 amide bonds. The number of halogens is 2. The molecule has 0 saturated heterocycles. The van der Waals surface area contributed by atoms with Gasteiger partial charge in [-0.25, -0.2) is 13.8 Å². The molecule has 6 heteroatoms. The lowest BCUT2D eigenvalue weighted by atomic mass is 10.3. The minimum atomic E-state index is -0.494. The van der Waals surface area contributed by atoms with Crippen LogP contribution in [0.3, 0.4) is 0 Å². The third-order valence-electron chi connectivity index (χ3n) is 2.95. The molecular weight excluding hydrogens is 276 g/mol. The Morgan fingerprint density at radius 1 is 1.33 bits per heavy atom. The summed E-state index contributed by atoms with van der Waals surface area (Å²) in [7, 11) is 0. The van der Waals surface area contributed by atoms with E-state index in [1.54, 1.807) is 13.1 Å². The fourth-order valence-electron chi connectivity index (χ4n) is 2.00. The first-order chi connectivity index (χ1) is 10.1. The lowest BCUT2D eigenvalue weighted by Gasteiger charge is -2.10. The minimum Gasteiger partial charge on any atom is -0.382 e. The number of benzene rings is 1. The molecule has 2 aromatic rings. The molecule has 1 N–H and O–H groups in total. The first-order valence-corrected chi connectivity index (χ1v) is 6.95. The second-order valence-electron chi connectivity index (χ2n) is 4.65. The van der Waals surface area contributed by atoms with Crippen LogP contribution in [0.15, 0.2) is 24.4 Å². The van der Waals surface area contributed by atoms with E-state index in [1.165, 1.54) is 4.57 Å². The molecule has 0 aliphatic carbocycles. The average molecular weight is 295 g/mol. The highest BCUT2D eigenvalue weighted by Crippen LogP contribution is 2.20. The lowest BCUT2D eigenvalue weighted by molar-refractivity contribution is 0.147. The van der Waals surface area contributed by atoms with E-state index in [0.29, 0.717) is 25.7 Å². The molecule has 1 aromatic heterocycles. The number of nitrogens with one attached hydrogen (secondary N) is 1. The van der Waals surface area contributed by atoms with Crippen molar-refractivity contribution in [3.8, 4) is 5.69 Å². The largest absolute Gasteiger partial charge is 0.382 e. The molecular formula is C15H19F2N3O. The second kappa shape index (κ2) is 7.17. The van der Waals surface area contributed by atoms with Crippen molar-refractivity contribution in [2.75, 3.05) is 25.1 Å². The van der Waals surface area contributed by atoms with Crippen LogP contribution in [-0.4, -0.2) is 29.3 Å². The number of aryl methyl sites for hydroxylation is 1. The van der Waals surface area contributed by atoms with Gasteiger partial charge in [0.15, 0.2) is 0 Å². The molecule has 0 fully saturated rings. The molecule has 21 heavy (non-hydrogen) atoms. The van der Waals surface area contributed by atoms with Crippen LogP contribution in [0.5, 0.6) is 0 Å². The van der Waals surface area contributed by atoms with Gasteiger partial charge in [0.05, 0.1) is 11.4 Å².